The van der Waals surface area contributed by atoms with Gasteiger partial charge in [-0.05, 0) is 25.0 Å². The van der Waals surface area contributed by atoms with Crippen LogP contribution >= 0.6 is 11.6 Å². The number of hydrogen-bond donors (Lipinski definition) is 2. The molecule has 0 amide bonds. The number of anilines is 3. The molecular formula is C14H18ClN5O. The predicted octanol–water partition coefficient (Wildman–Crippen LogP) is 3.41. The molecular weight excluding hydrogens is 290 g/mol. The van der Waals surface area contributed by atoms with Crippen molar-refractivity contribution in [3.8, 4) is 5.75 Å². The van der Waals surface area contributed by atoms with Crippen molar-refractivity contribution in [3.05, 3.63) is 28.9 Å². The number of ether oxygens (including phenoxy) is 1. The molecule has 0 saturated carbocycles. The molecule has 2 N–H and O–H groups in total. The number of aromatic nitrogens is 3. The number of rotatable bonds is 6. The van der Waals surface area contributed by atoms with Crippen LogP contribution in [0.3, 0.4) is 0 Å². The number of methoxy groups -OCH3 is 1. The summed E-state index contributed by atoms with van der Waals surface area (Å²) in [5.74, 6) is 1.72. The molecule has 0 saturated heterocycles. The topological polar surface area (TPSA) is 72.0 Å². The molecule has 0 bridgehead atoms. The number of nitrogens with zero attached hydrogens (tertiary/aromatic N) is 3. The van der Waals surface area contributed by atoms with Crippen LogP contribution in [0.1, 0.15) is 18.9 Å². The highest BCUT2D eigenvalue weighted by Crippen LogP contribution is 2.32. The van der Waals surface area contributed by atoms with Gasteiger partial charge >= 0.3 is 0 Å². The Bertz CT molecular complexity index is 620. The monoisotopic (exact) mass is 307 g/mol. The van der Waals surface area contributed by atoms with Gasteiger partial charge in [0.25, 0.3) is 0 Å². The molecule has 1 heterocycles. The normalized spacial score (nSPS) is 10.3. The zero-order valence-corrected chi connectivity index (χ0v) is 13.0. The van der Waals surface area contributed by atoms with Crippen molar-refractivity contribution in [1.29, 1.82) is 0 Å². The van der Waals surface area contributed by atoms with Gasteiger partial charge < -0.3 is 15.4 Å². The first kappa shape index (κ1) is 15.3. The van der Waals surface area contributed by atoms with Crippen LogP contribution in [0.15, 0.2) is 18.3 Å². The van der Waals surface area contributed by atoms with E-state index in [0.717, 1.165) is 24.2 Å². The average Bonchev–Trinajstić information content (AvgIpc) is 2.49. The summed E-state index contributed by atoms with van der Waals surface area (Å²) >= 11 is 6.09. The van der Waals surface area contributed by atoms with Crippen LogP contribution in [0, 0.1) is 6.92 Å². The van der Waals surface area contributed by atoms with Gasteiger partial charge in [0, 0.05) is 17.6 Å². The zero-order chi connectivity index (χ0) is 15.2. The number of hydrogen-bond acceptors (Lipinski definition) is 6. The van der Waals surface area contributed by atoms with Crippen LogP contribution in [0.5, 0.6) is 5.75 Å². The maximum Gasteiger partial charge on any atom is 0.244 e. The molecule has 2 aromatic rings. The van der Waals surface area contributed by atoms with Gasteiger partial charge in [-0.1, -0.05) is 18.5 Å². The van der Waals surface area contributed by atoms with E-state index in [9.17, 15) is 0 Å². The van der Waals surface area contributed by atoms with Crippen LogP contribution in [0.25, 0.3) is 0 Å². The molecule has 0 radical (unpaired) electrons. The highest BCUT2D eigenvalue weighted by Gasteiger charge is 2.09. The number of aryl methyl sites for hydroxylation is 1. The van der Waals surface area contributed by atoms with Crippen LogP contribution in [0.2, 0.25) is 5.02 Å². The highest BCUT2D eigenvalue weighted by atomic mass is 35.5. The quantitative estimate of drug-likeness (QED) is 0.852. The lowest BCUT2D eigenvalue weighted by Gasteiger charge is -2.12. The van der Waals surface area contributed by atoms with E-state index in [0.29, 0.717) is 22.5 Å². The first-order valence-electron chi connectivity index (χ1n) is 6.68. The third kappa shape index (κ3) is 3.95. The van der Waals surface area contributed by atoms with Crippen molar-refractivity contribution >= 4 is 29.1 Å². The Morgan fingerprint density at radius 2 is 2.14 bits per heavy atom. The minimum atomic E-state index is 0.492. The van der Waals surface area contributed by atoms with E-state index in [1.54, 1.807) is 19.4 Å². The van der Waals surface area contributed by atoms with Gasteiger partial charge in [-0.2, -0.15) is 10.1 Å². The second-order valence-corrected chi connectivity index (χ2v) is 4.93. The van der Waals surface area contributed by atoms with Crippen molar-refractivity contribution in [3.63, 3.8) is 0 Å². The first-order chi connectivity index (χ1) is 10.1. The number of halogens is 1. The maximum atomic E-state index is 6.09. The Hall–Kier alpha value is -2.08. The molecule has 0 aliphatic rings. The Kier molecular flexibility index (Phi) is 5.16. The minimum Gasteiger partial charge on any atom is -0.495 e. The minimum absolute atomic E-state index is 0.492. The highest BCUT2D eigenvalue weighted by molar-refractivity contribution is 6.31. The van der Waals surface area contributed by atoms with E-state index < -0.39 is 0 Å². The van der Waals surface area contributed by atoms with E-state index in [-0.39, 0.29) is 0 Å². The third-order valence-electron chi connectivity index (χ3n) is 2.84. The molecule has 0 aliphatic carbocycles. The van der Waals surface area contributed by atoms with Crippen molar-refractivity contribution < 1.29 is 4.74 Å². The van der Waals surface area contributed by atoms with Crippen molar-refractivity contribution in [2.45, 2.75) is 20.3 Å². The summed E-state index contributed by atoms with van der Waals surface area (Å²) < 4.78 is 5.32. The number of benzene rings is 1. The summed E-state index contributed by atoms with van der Waals surface area (Å²) in [6.45, 7) is 4.80. The van der Waals surface area contributed by atoms with Crippen molar-refractivity contribution in [2.24, 2.45) is 0 Å². The molecule has 0 unspecified atom stereocenters. The van der Waals surface area contributed by atoms with E-state index in [1.807, 2.05) is 13.0 Å². The second kappa shape index (κ2) is 7.08. The lowest BCUT2D eigenvalue weighted by atomic mass is 10.2. The summed E-state index contributed by atoms with van der Waals surface area (Å²) in [6, 6.07) is 3.67. The summed E-state index contributed by atoms with van der Waals surface area (Å²) in [5.41, 5.74) is 1.73. The molecule has 7 heteroatoms. The van der Waals surface area contributed by atoms with Crippen LogP contribution in [0.4, 0.5) is 17.5 Å². The second-order valence-electron chi connectivity index (χ2n) is 4.52. The average molecular weight is 308 g/mol. The molecule has 0 spiro atoms. The Balaban J connectivity index is 2.23. The van der Waals surface area contributed by atoms with Gasteiger partial charge in [-0.3, -0.25) is 0 Å². The van der Waals surface area contributed by atoms with Gasteiger partial charge in [0.1, 0.15) is 5.75 Å². The van der Waals surface area contributed by atoms with Gasteiger partial charge in [0.15, 0.2) is 5.82 Å². The molecule has 0 fully saturated rings. The van der Waals surface area contributed by atoms with Gasteiger partial charge in [-0.15, -0.1) is 5.10 Å². The summed E-state index contributed by atoms with van der Waals surface area (Å²) in [5, 5.41) is 14.8. The smallest absolute Gasteiger partial charge is 0.244 e. The predicted molar refractivity (Wildman–Crippen MR) is 84.6 cm³/mol. The fraction of sp³-hybridized carbons (Fsp3) is 0.357. The SMILES string of the molecule is CCCNc1nncc(Nc2cc(C)c(Cl)cc2OC)n1. The third-order valence-corrected chi connectivity index (χ3v) is 3.24. The van der Waals surface area contributed by atoms with Gasteiger partial charge in [0.2, 0.25) is 5.95 Å². The molecule has 21 heavy (non-hydrogen) atoms. The Labute approximate surface area is 128 Å². The van der Waals surface area contributed by atoms with E-state index >= 15 is 0 Å². The van der Waals surface area contributed by atoms with E-state index in [4.69, 9.17) is 16.3 Å². The molecule has 1 aromatic carbocycles. The van der Waals surface area contributed by atoms with Crippen molar-refractivity contribution in [2.75, 3.05) is 24.3 Å². The van der Waals surface area contributed by atoms with E-state index in [2.05, 4.69) is 32.7 Å². The lowest BCUT2D eigenvalue weighted by molar-refractivity contribution is 0.416. The summed E-state index contributed by atoms with van der Waals surface area (Å²) in [4.78, 5) is 4.35. The summed E-state index contributed by atoms with van der Waals surface area (Å²) in [7, 11) is 1.60. The fourth-order valence-corrected chi connectivity index (χ4v) is 1.90. The van der Waals surface area contributed by atoms with Gasteiger partial charge in [-0.25, -0.2) is 0 Å². The molecule has 2 rings (SSSR count). The van der Waals surface area contributed by atoms with Crippen LogP contribution in [-0.2, 0) is 0 Å². The van der Waals surface area contributed by atoms with Crippen molar-refractivity contribution in [1.82, 2.24) is 15.2 Å². The van der Waals surface area contributed by atoms with Crippen LogP contribution in [-0.4, -0.2) is 28.8 Å². The Morgan fingerprint density at radius 3 is 2.86 bits per heavy atom. The zero-order valence-electron chi connectivity index (χ0n) is 12.3. The molecule has 112 valence electrons. The fourth-order valence-electron chi connectivity index (χ4n) is 1.74. The molecule has 0 atom stereocenters. The summed E-state index contributed by atoms with van der Waals surface area (Å²) in [6.07, 6.45) is 2.55. The molecule has 6 nitrogen and oxygen atoms in total. The maximum absolute atomic E-state index is 6.09. The van der Waals surface area contributed by atoms with E-state index in [1.165, 1.54) is 0 Å². The first-order valence-corrected chi connectivity index (χ1v) is 7.06. The largest absolute Gasteiger partial charge is 0.495 e. The van der Waals surface area contributed by atoms with Gasteiger partial charge in [0.05, 0.1) is 19.0 Å². The standard InChI is InChI=1S/C14H18ClN5O/c1-4-5-16-14-19-13(8-17-20-14)18-11-6-9(2)10(15)7-12(11)21-3/h6-8H,4-5H2,1-3H3,(H2,16,18,19,20). The lowest BCUT2D eigenvalue weighted by Crippen LogP contribution is -2.07. The number of nitrogens with one attached hydrogen (secondary N) is 2. The van der Waals surface area contributed by atoms with Crippen LogP contribution < -0.4 is 15.4 Å². The molecule has 1 aromatic heterocycles. The molecule has 0 aliphatic heterocycles. The Morgan fingerprint density at radius 1 is 1.33 bits per heavy atom.